The quantitative estimate of drug-likeness (QED) is 0.558. The molecule has 2 aromatic heterocycles. The molecule has 4 heterocycles. The fourth-order valence-corrected chi connectivity index (χ4v) is 4.80. The third kappa shape index (κ3) is 2.98. The summed E-state index contributed by atoms with van der Waals surface area (Å²) in [5.41, 5.74) is 1.53. The number of nitrogens with zero attached hydrogens (tertiary/aromatic N) is 2. The van der Waals surface area contributed by atoms with Gasteiger partial charge in [-0.3, -0.25) is 9.59 Å². The molecule has 30 heavy (non-hydrogen) atoms. The van der Waals surface area contributed by atoms with Gasteiger partial charge < -0.3 is 24.4 Å². The first-order valence-corrected chi connectivity index (χ1v) is 9.87. The molecule has 2 aliphatic rings. The maximum Gasteiger partial charge on any atom is 0.315 e. The van der Waals surface area contributed by atoms with Gasteiger partial charge in [0.05, 0.1) is 7.11 Å². The predicted molar refractivity (Wildman–Crippen MR) is 108 cm³/mol. The maximum atomic E-state index is 13.2. The van der Waals surface area contributed by atoms with E-state index in [1.54, 1.807) is 17.7 Å². The summed E-state index contributed by atoms with van der Waals surface area (Å²) in [4.78, 5) is 30.8. The fraction of sp³-hybridized carbons (Fsp3) is 0.333. The monoisotopic (exact) mass is 410 g/mol. The Kier molecular flexibility index (Phi) is 4.39. The van der Waals surface area contributed by atoms with E-state index in [1.165, 1.54) is 6.07 Å². The second-order valence-electron chi connectivity index (χ2n) is 8.04. The lowest BCUT2D eigenvalue weighted by atomic mass is 9.83. The van der Waals surface area contributed by atoms with Crippen LogP contribution in [0.3, 0.4) is 0 Å². The van der Waals surface area contributed by atoms with E-state index >= 15 is 0 Å². The van der Waals surface area contributed by atoms with Gasteiger partial charge in [-0.25, -0.2) is 5.21 Å². The first kappa shape index (κ1) is 18.9. The molecule has 2 aliphatic heterocycles. The van der Waals surface area contributed by atoms with Crippen LogP contribution in [0.5, 0.6) is 5.75 Å². The fourth-order valence-electron chi connectivity index (χ4n) is 4.80. The van der Waals surface area contributed by atoms with Gasteiger partial charge in [0.1, 0.15) is 11.4 Å². The number of nitrogens with one attached hydrogen (secondary N) is 2. The molecule has 9 heteroatoms. The van der Waals surface area contributed by atoms with Crippen molar-refractivity contribution in [3.05, 3.63) is 63.3 Å². The third-order valence-corrected chi connectivity index (χ3v) is 6.18. The highest BCUT2D eigenvalue weighted by Gasteiger charge is 2.37. The van der Waals surface area contributed by atoms with E-state index in [2.05, 4.69) is 4.98 Å². The molecular weight excluding hydrogens is 388 g/mol. The van der Waals surface area contributed by atoms with Gasteiger partial charge in [0.15, 0.2) is 0 Å². The maximum absolute atomic E-state index is 13.2. The molecule has 1 saturated heterocycles. The van der Waals surface area contributed by atoms with Gasteiger partial charge in [-0.15, -0.1) is 0 Å². The topological polar surface area (TPSA) is 115 Å². The Balaban J connectivity index is 1.43. The minimum Gasteiger partial charge on any atom is -0.595 e. The van der Waals surface area contributed by atoms with Crippen LogP contribution >= 0.6 is 0 Å². The van der Waals surface area contributed by atoms with Crippen molar-refractivity contribution in [3.8, 4) is 5.75 Å². The molecule has 1 aromatic carbocycles. The number of ether oxygens (including phenoxy) is 1. The molecule has 9 nitrogen and oxygen atoms in total. The van der Waals surface area contributed by atoms with Crippen molar-refractivity contribution in [2.24, 2.45) is 5.92 Å². The van der Waals surface area contributed by atoms with Crippen LogP contribution in [0.2, 0.25) is 0 Å². The Morgan fingerprint density at radius 1 is 1.23 bits per heavy atom. The first-order valence-electron chi connectivity index (χ1n) is 9.87. The van der Waals surface area contributed by atoms with E-state index < -0.39 is 10.8 Å². The van der Waals surface area contributed by atoms with E-state index in [-0.39, 0.29) is 23.4 Å². The van der Waals surface area contributed by atoms with Gasteiger partial charge >= 0.3 is 5.56 Å². The number of H-pyrrole nitrogens is 1. The van der Waals surface area contributed by atoms with Crippen LogP contribution in [-0.2, 0) is 6.54 Å². The SMILES string of the molecule is COc1ccc2[nH]c(C(=O)N3CC4CC(C3)c3ccc([NH+]([O-])O)c(=O)n3C4)cc2c1. The van der Waals surface area contributed by atoms with Crippen LogP contribution in [-0.4, -0.2) is 45.8 Å². The summed E-state index contributed by atoms with van der Waals surface area (Å²) in [7, 11) is 1.61. The third-order valence-electron chi connectivity index (χ3n) is 6.18. The Morgan fingerprint density at radius 2 is 2.07 bits per heavy atom. The van der Waals surface area contributed by atoms with E-state index in [4.69, 9.17) is 4.74 Å². The molecule has 3 unspecified atom stereocenters. The Labute approximate surface area is 171 Å². The zero-order chi connectivity index (χ0) is 21.0. The van der Waals surface area contributed by atoms with Gasteiger partial charge in [0.2, 0.25) is 5.69 Å². The number of hydrogen-bond donors (Lipinski definition) is 3. The zero-order valence-corrected chi connectivity index (χ0v) is 16.4. The Bertz CT molecular complexity index is 1200. The number of aromatic amines is 1. The van der Waals surface area contributed by atoms with E-state index in [0.717, 1.165) is 28.8 Å². The number of likely N-dealkylation sites (tertiary alicyclic amines) is 1. The molecule has 1 fully saturated rings. The van der Waals surface area contributed by atoms with Gasteiger partial charge in [0.25, 0.3) is 5.91 Å². The highest BCUT2D eigenvalue weighted by atomic mass is 16.8. The molecule has 0 radical (unpaired) electrons. The van der Waals surface area contributed by atoms with E-state index in [0.29, 0.717) is 25.3 Å². The van der Waals surface area contributed by atoms with Crippen LogP contribution in [0.25, 0.3) is 10.9 Å². The van der Waals surface area contributed by atoms with Crippen LogP contribution < -0.4 is 15.5 Å². The van der Waals surface area contributed by atoms with Crippen molar-refractivity contribution in [1.82, 2.24) is 14.5 Å². The number of piperidine rings is 1. The molecule has 2 bridgehead atoms. The number of fused-ring (bicyclic) bond motifs is 5. The number of pyridine rings is 1. The minimum absolute atomic E-state index is 0.0152. The Hall–Kier alpha value is -3.14. The normalized spacial score (nSPS) is 21.4. The first-order chi connectivity index (χ1) is 14.4. The lowest BCUT2D eigenvalue weighted by Gasteiger charge is -2.42. The minimum atomic E-state index is -1.21. The van der Waals surface area contributed by atoms with Crippen LogP contribution in [0.4, 0.5) is 5.69 Å². The lowest BCUT2D eigenvalue weighted by Crippen LogP contribution is -3.00. The molecule has 1 amide bonds. The van der Waals surface area contributed by atoms with Gasteiger partial charge in [-0.1, -0.05) is 0 Å². The van der Waals surface area contributed by atoms with Crippen LogP contribution in [0.15, 0.2) is 41.2 Å². The number of amides is 1. The van der Waals surface area contributed by atoms with Crippen molar-refractivity contribution in [3.63, 3.8) is 0 Å². The molecule has 156 valence electrons. The van der Waals surface area contributed by atoms with Crippen molar-refractivity contribution in [2.75, 3.05) is 20.2 Å². The zero-order valence-electron chi connectivity index (χ0n) is 16.4. The molecule has 0 saturated carbocycles. The van der Waals surface area contributed by atoms with E-state index in [9.17, 15) is 20.0 Å². The summed E-state index contributed by atoms with van der Waals surface area (Å²) in [6.07, 6.45) is 0.888. The summed E-state index contributed by atoms with van der Waals surface area (Å²) in [5.74, 6) is 0.793. The molecule has 3 aromatic rings. The van der Waals surface area contributed by atoms with Gasteiger partial charge in [-0.05, 0) is 42.7 Å². The summed E-state index contributed by atoms with van der Waals surface area (Å²) in [6, 6.07) is 10.5. The molecule has 3 N–H and O–H groups in total. The van der Waals surface area contributed by atoms with Crippen LogP contribution in [0.1, 0.15) is 28.5 Å². The lowest BCUT2D eigenvalue weighted by molar-refractivity contribution is -0.992. The average molecular weight is 410 g/mol. The molecular formula is C21H22N4O5. The highest BCUT2D eigenvalue weighted by molar-refractivity contribution is 5.98. The number of carbonyl (C=O) groups is 1. The summed E-state index contributed by atoms with van der Waals surface area (Å²) in [5, 5.41) is 20.2. The average Bonchev–Trinajstić information content (AvgIpc) is 3.16. The number of carbonyl (C=O) groups excluding carboxylic acids is 1. The largest absolute Gasteiger partial charge is 0.595 e. The summed E-state index contributed by atoms with van der Waals surface area (Å²) >= 11 is 0. The predicted octanol–water partition coefficient (Wildman–Crippen LogP) is 1.00. The van der Waals surface area contributed by atoms with Gasteiger partial charge in [-0.2, -0.15) is 5.23 Å². The summed E-state index contributed by atoms with van der Waals surface area (Å²) < 4.78 is 6.83. The molecule has 0 spiro atoms. The Morgan fingerprint density at radius 3 is 2.83 bits per heavy atom. The van der Waals surface area contributed by atoms with E-state index in [1.807, 2.05) is 29.2 Å². The highest BCUT2D eigenvalue weighted by Crippen LogP contribution is 2.36. The number of hydrogen-bond acceptors (Lipinski definition) is 5. The van der Waals surface area contributed by atoms with Crippen LogP contribution in [0, 0.1) is 11.1 Å². The van der Waals surface area contributed by atoms with Gasteiger partial charge in [0, 0.05) is 48.2 Å². The number of benzene rings is 1. The number of quaternary nitrogens is 1. The molecule has 5 rings (SSSR count). The number of aromatic nitrogens is 2. The molecule has 3 atom stereocenters. The standard InChI is InChI=1S/C21H22N4O5/c1-30-15-2-3-16-13(7-15)8-17(22-16)20(26)23-9-12-6-14(11-23)18-4-5-19(25(28)29)21(27)24(18)10-12/h2-5,7-8,12,14,22,25,28H,6,9-11H2,1H3. The second kappa shape index (κ2) is 6.98. The van der Waals surface area contributed by atoms with Crippen molar-refractivity contribution >= 4 is 22.5 Å². The van der Waals surface area contributed by atoms with Crippen molar-refractivity contribution < 1.29 is 20.0 Å². The second-order valence-corrected chi connectivity index (χ2v) is 8.04. The number of rotatable bonds is 3. The number of methoxy groups -OCH3 is 1. The molecule has 0 aliphatic carbocycles. The van der Waals surface area contributed by atoms with Crippen molar-refractivity contribution in [1.29, 1.82) is 0 Å². The smallest absolute Gasteiger partial charge is 0.315 e. The summed E-state index contributed by atoms with van der Waals surface area (Å²) in [6.45, 7) is 1.47. The van der Waals surface area contributed by atoms with Crippen molar-refractivity contribution in [2.45, 2.75) is 18.9 Å².